The van der Waals surface area contributed by atoms with Crippen LogP contribution in [-0.2, 0) is 20.1 Å². The number of aliphatic imine (C=N–C) groups is 1. The van der Waals surface area contributed by atoms with Gasteiger partial charge in [-0.15, -0.1) is 0 Å². The third-order valence-electron chi connectivity index (χ3n) is 11.4. The lowest BCUT2D eigenvalue weighted by atomic mass is 9.85. The van der Waals surface area contributed by atoms with Crippen LogP contribution in [0.25, 0.3) is 33.7 Å². The highest BCUT2D eigenvalue weighted by molar-refractivity contribution is 6.44. The predicted molar refractivity (Wildman–Crippen MR) is 238 cm³/mol. The van der Waals surface area contributed by atoms with Gasteiger partial charge in [0.2, 0.25) is 5.92 Å². The maximum atomic E-state index is 15.2. The van der Waals surface area contributed by atoms with Crippen LogP contribution in [0.2, 0.25) is 0 Å². The van der Waals surface area contributed by atoms with Crippen LogP contribution in [-0.4, -0.2) is 60.8 Å². The molecular formula is C50H49BF12N2O2. The van der Waals surface area contributed by atoms with Gasteiger partial charge in [-0.3, -0.25) is 0 Å². The van der Waals surface area contributed by atoms with Crippen molar-refractivity contribution >= 4 is 24.2 Å². The average Bonchev–Trinajstić information content (AvgIpc) is 3.79. The molecule has 1 aromatic heterocycles. The molecule has 2 heterocycles. The minimum Gasteiger partial charge on any atom is -0.385 e. The van der Waals surface area contributed by atoms with Gasteiger partial charge in [-0.2, -0.15) is 43.9 Å². The SMILES string of the molecule is Cc1ccc(C2=N/C(=C(/CCC(C)(F)F)c3c(-c4ccc(C(C)(C)C)cc4)cc(-c4ccc(C(C)(C)C)cc4)n3B(OCC(F)(F)C(F)(F)F)OCC(F)(F)C(F)(F)F)c3ccccc32)cc1. The minimum atomic E-state index is -6.27. The van der Waals surface area contributed by atoms with Gasteiger partial charge in [-0.1, -0.05) is 144 Å². The van der Waals surface area contributed by atoms with E-state index in [-0.39, 0.29) is 33.8 Å². The number of aryl methyl sites for hydroxylation is 1. The summed E-state index contributed by atoms with van der Waals surface area (Å²) in [6.07, 6.45) is -14.1. The second-order valence-electron chi connectivity index (χ2n) is 18.9. The monoisotopic (exact) mass is 948 g/mol. The lowest BCUT2D eigenvalue weighted by molar-refractivity contribution is -0.295. The fraction of sp³-hybridized carbons (Fsp3) is 0.380. The van der Waals surface area contributed by atoms with Crippen molar-refractivity contribution in [3.8, 4) is 22.4 Å². The van der Waals surface area contributed by atoms with Crippen molar-refractivity contribution in [2.75, 3.05) is 13.2 Å². The summed E-state index contributed by atoms with van der Waals surface area (Å²) in [4.78, 5) is 4.99. The van der Waals surface area contributed by atoms with Crippen molar-refractivity contribution in [3.05, 3.63) is 142 Å². The summed E-state index contributed by atoms with van der Waals surface area (Å²) in [6, 6.07) is 28.4. The van der Waals surface area contributed by atoms with Crippen molar-refractivity contribution in [1.82, 2.24) is 4.48 Å². The summed E-state index contributed by atoms with van der Waals surface area (Å²) in [5.74, 6) is -14.8. The molecule has 0 fully saturated rings. The summed E-state index contributed by atoms with van der Waals surface area (Å²) in [5, 5.41) is 0. The summed E-state index contributed by atoms with van der Waals surface area (Å²) in [6.45, 7) is 8.78. The van der Waals surface area contributed by atoms with Crippen molar-refractivity contribution in [2.45, 2.75) is 109 Å². The number of nitrogens with zero attached hydrogens (tertiary/aromatic N) is 2. The smallest absolute Gasteiger partial charge is 0.385 e. The van der Waals surface area contributed by atoms with Crippen molar-refractivity contribution in [3.63, 3.8) is 0 Å². The Bertz CT molecular complexity index is 2580. The van der Waals surface area contributed by atoms with Crippen LogP contribution in [0.3, 0.4) is 0 Å². The maximum absolute atomic E-state index is 15.2. The summed E-state index contributed by atoms with van der Waals surface area (Å²) in [7, 11) is -2.91. The Hall–Kier alpha value is -5.29. The zero-order valence-electron chi connectivity index (χ0n) is 38.0. The highest BCUT2D eigenvalue weighted by atomic mass is 19.4. The van der Waals surface area contributed by atoms with E-state index in [1.165, 1.54) is 18.2 Å². The molecular weight excluding hydrogens is 899 g/mol. The molecule has 0 saturated carbocycles. The number of aromatic nitrogens is 1. The van der Waals surface area contributed by atoms with Gasteiger partial charge in [0.05, 0.1) is 11.4 Å². The average molecular weight is 949 g/mol. The molecule has 358 valence electrons. The molecule has 67 heavy (non-hydrogen) atoms. The van der Waals surface area contributed by atoms with E-state index in [0.29, 0.717) is 34.9 Å². The second-order valence-corrected chi connectivity index (χ2v) is 18.9. The largest absolute Gasteiger partial charge is 0.598 e. The zero-order valence-corrected chi connectivity index (χ0v) is 38.0. The van der Waals surface area contributed by atoms with E-state index in [9.17, 15) is 43.9 Å². The number of halogens is 12. The summed E-state index contributed by atoms with van der Waals surface area (Å²) in [5.41, 5.74) is 3.48. The van der Waals surface area contributed by atoms with Crippen LogP contribution in [0.15, 0.2) is 108 Å². The Morgan fingerprint density at radius 3 is 1.45 bits per heavy atom. The standard InChI is InChI=1S/C50H49BF12N2O2/c1-30-13-15-33(16-14-30)41-36-11-9-10-12-37(36)42(64-41)38(25-26-46(8,52)53)43-39(31-17-21-34(22-18-31)44(2,3)4)27-40(32-19-23-35(24-20-32)45(5,6)7)65(43)51(66-28-47(54,55)49(58,59)60)67-29-48(56,57)50(61,62)63/h9-24,27H,25-26,28-29H2,1-8H3/b42-38-. The van der Waals surface area contributed by atoms with E-state index in [4.69, 9.17) is 14.3 Å². The first kappa shape index (κ1) is 51.1. The molecule has 1 aliphatic rings. The molecule has 4 nitrogen and oxygen atoms in total. The lowest BCUT2D eigenvalue weighted by Gasteiger charge is -2.28. The number of rotatable bonds is 14. The molecule has 1 aliphatic heterocycles. The Kier molecular flexibility index (Phi) is 14.0. The lowest BCUT2D eigenvalue weighted by Crippen LogP contribution is -2.48. The molecule has 0 atom stereocenters. The molecule has 5 aromatic rings. The molecule has 4 aromatic carbocycles. The molecule has 0 radical (unpaired) electrons. The normalized spacial score (nSPS) is 14.9. The quantitative estimate of drug-likeness (QED) is 0.0821. The number of allylic oxidation sites excluding steroid dienone is 1. The van der Waals surface area contributed by atoms with Crippen molar-refractivity contribution in [1.29, 1.82) is 0 Å². The van der Waals surface area contributed by atoms with Crippen molar-refractivity contribution in [2.24, 2.45) is 4.99 Å². The van der Waals surface area contributed by atoms with E-state index < -0.39 is 74.3 Å². The molecule has 0 unspecified atom stereocenters. The number of alkyl halides is 12. The Morgan fingerprint density at radius 1 is 0.552 bits per heavy atom. The van der Waals surface area contributed by atoms with Crippen LogP contribution in [0, 0.1) is 6.92 Å². The third-order valence-corrected chi connectivity index (χ3v) is 11.4. The molecule has 0 aliphatic carbocycles. The number of hydrogen-bond acceptors (Lipinski definition) is 3. The van der Waals surface area contributed by atoms with Gasteiger partial charge in [0.15, 0.2) is 0 Å². The van der Waals surface area contributed by atoms with E-state index in [0.717, 1.165) is 21.2 Å². The van der Waals surface area contributed by atoms with Crippen LogP contribution in [0.4, 0.5) is 52.7 Å². The third kappa shape index (κ3) is 11.4. The topological polar surface area (TPSA) is 35.8 Å². The van der Waals surface area contributed by atoms with E-state index >= 15 is 8.78 Å². The van der Waals surface area contributed by atoms with Gasteiger partial charge < -0.3 is 13.8 Å². The van der Waals surface area contributed by atoms with Gasteiger partial charge in [0.1, 0.15) is 13.2 Å². The fourth-order valence-corrected chi connectivity index (χ4v) is 7.48. The highest BCUT2D eigenvalue weighted by Gasteiger charge is 2.60. The maximum Gasteiger partial charge on any atom is 0.598 e. The van der Waals surface area contributed by atoms with E-state index in [2.05, 4.69) is 0 Å². The Balaban J connectivity index is 1.80. The second kappa shape index (κ2) is 18.3. The van der Waals surface area contributed by atoms with Crippen LogP contribution in [0.5, 0.6) is 0 Å². The predicted octanol–water partition coefficient (Wildman–Crippen LogP) is 15.1. The molecule has 0 N–H and O–H groups in total. The van der Waals surface area contributed by atoms with Gasteiger partial charge in [-0.05, 0) is 59.4 Å². The first-order valence-corrected chi connectivity index (χ1v) is 21.3. The van der Waals surface area contributed by atoms with E-state index in [1.807, 2.05) is 60.6 Å². The summed E-state index contributed by atoms with van der Waals surface area (Å²) < 4.78 is 183. The van der Waals surface area contributed by atoms with Crippen LogP contribution in [0.1, 0.15) is 100 Å². The number of fused-ring (bicyclic) bond motifs is 1. The molecule has 17 heteroatoms. The van der Waals surface area contributed by atoms with Crippen LogP contribution >= 0.6 is 0 Å². The van der Waals surface area contributed by atoms with Crippen LogP contribution < -0.4 is 0 Å². The number of benzene rings is 4. The highest BCUT2D eigenvalue weighted by Crippen LogP contribution is 2.47. The zero-order chi connectivity index (χ0) is 49.7. The minimum absolute atomic E-state index is 0.0250. The summed E-state index contributed by atoms with van der Waals surface area (Å²) >= 11 is 0. The first-order chi connectivity index (χ1) is 30.8. The molecule has 0 saturated heterocycles. The molecule has 0 spiro atoms. The Morgan fingerprint density at radius 2 is 1.00 bits per heavy atom. The first-order valence-electron chi connectivity index (χ1n) is 21.3. The molecule has 6 rings (SSSR count). The van der Waals surface area contributed by atoms with E-state index in [1.54, 1.807) is 72.8 Å². The van der Waals surface area contributed by atoms with Gasteiger partial charge in [0, 0.05) is 45.6 Å². The van der Waals surface area contributed by atoms with Gasteiger partial charge in [0.25, 0.3) is 0 Å². The van der Waals surface area contributed by atoms with Gasteiger partial charge in [-0.25, -0.2) is 13.8 Å². The molecule has 0 amide bonds. The number of hydrogen-bond donors (Lipinski definition) is 0. The fourth-order valence-electron chi connectivity index (χ4n) is 7.48. The van der Waals surface area contributed by atoms with Gasteiger partial charge >= 0.3 is 31.5 Å². The Labute approximate surface area is 381 Å². The van der Waals surface area contributed by atoms with Crippen molar-refractivity contribution < 1.29 is 62.0 Å². The molecule has 0 bridgehead atoms.